The summed E-state index contributed by atoms with van der Waals surface area (Å²) in [5, 5.41) is 3.48. The highest BCUT2D eigenvalue weighted by Gasteiger charge is 2.37. The minimum absolute atomic E-state index is 0.267. The number of carbonyl (C=O) groups excluding carboxylic acids is 1. The first kappa shape index (κ1) is 17.0. The number of ketones is 1. The summed E-state index contributed by atoms with van der Waals surface area (Å²) < 4.78 is 11.2. The molecule has 0 aromatic heterocycles. The normalized spacial score (nSPS) is 27.2. The number of carbonyl (C=O) groups is 1. The molecular formula is C19H31NO3. The van der Waals surface area contributed by atoms with Crippen molar-refractivity contribution in [3.63, 3.8) is 0 Å². The van der Waals surface area contributed by atoms with Crippen molar-refractivity contribution in [2.24, 2.45) is 5.41 Å². The van der Waals surface area contributed by atoms with Gasteiger partial charge in [0.25, 0.3) is 0 Å². The van der Waals surface area contributed by atoms with Gasteiger partial charge in [0.1, 0.15) is 0 Å². The number of hydrogen-bond donors (Lipinski definition) is 1. The first-order valence-corrected chi connectivity index (χ1v) is 9.42. The zero-order valence-electron chi connectivity index (χ0n) is 14.3. The Morgan fingerprint density at radius 1 is 1.22 bits per heavy atom. The molecule has 1 atom stereocenters. The van der Waals surface area contributed by atoms with E-state index >= 15 is 0 Å². The van der Waals surface area contributed by atoms with Gasteiger partial charge in [-0.25, -0.2) is 0 Å². The van der Waals surface area contributed by atoms with E-state index in [9.17, 15) is 4.79 Å². The molecule has 4 heteroatoms. The highest BCUT2D eigenvalue weighted by atomic mass is 16.5. The highest BCUT2D eigenvalue weighted by molar-refractivity contribution is 5.91. The van der Waals surface area contributed by atoms with Crippen LogP contribution in [-0.4, -0.2) is 38.3 Å². The van der Waals surface area contributed by atoms with E-state index in [1.807, 2.05) is 6.08 Å². The van der Waals surface area contributed by atoms with Crippen molar-refractivity contribution in [1.82, 2.24) is 5.32 Å². The Morgan fingerprint density at radius 2 is 2.09 bits per heavy atom. The molecule has 23 heavy (non-hydrogen) atoms. The van der Waals surface area contributed by atoms with Crippen LogP contribution in [0.1, 0.15) is 64.2 Å². The molecule has 0 aromatic carbocycles. The topological polar surface area (TPSA) is 47.6 Å². The summed E-state index contributed by atoms with van der Waals surface area (Å²) in [6, 6.07) is 0. The smallest absolute Gasteiger partial charge is 0.157 e. The molecule has 4 nitrogen and oxygen atoms in total. The molecule has 1 heterocycles. The Kier molecular flexibility index (Phi) is 6.12. The second-order valence-electron chi connectivity index (χ2n) is 7.54. The molecule has 2 fully saturated rings. The van der Waals surface area contributed by atoms with Crippen molar-refractivity contribution >= 4 is 5.78 Å². The Labute approximate surface area is 140 Å². The minimum atomic E-state index is 0.267. The minimum Gasteiger partial charge on any atom is -0.388 e. The second kappa shape index (κ2) is 8.29. The average molecular weight is 321 g/mol. The van der Waals surface area contributed by atoms with E-state index in [0.29, 0.717) is 11.9 Å². The van der Waals surface area contributed by atoms with Gasteiger partial charge in [0.05, 0.1) is 12.7 Å². The fraction of sp³-hybridized carbons (Fsp3) is 0.842. The summed E-state index contributed by atoms with van der Waals surface area (Å²) in [6.45, 7) is 3.27. The molecule has 2 aliphatic carbocycles. The fourth-order valence-electron chi connectivity index (χ4n) is 4.32. The predicted molar refractivity (Wildman–Crippen MR) is 90.3 cm³/mol. The third kappa shape index (κ3) is 5.05. The quantitative estimate of drug-likeness (QED) is 0.731. The second-order valence-corrected chi connectivity index (χ2v) is 7.54. The van der Waals surface area contributed by atoms with Gasteiger partial charge in [-0.2, -0.15) is 0 Å². The zero-order chi connectivity index (χ0) is 16.0. The molecule has 0 amide bonds. The first-order chi connectivity index (χ1) is 11.3. The third-order valence-electron chi connectivity index (χ3n) is 5.51. The van der Waals surface area contributed by atoms with E-state index in [2.05, 4.69) is 5.32 Å². The maximum atomic E-state index is 12.1. The van der Waals surface area contributed by atoms with Gasteiger partial charge in [0.15, 0.2) is 5.78 Å². The molecular weight excluding hydrogens is 290 g/mol. The lowest BCUT2D eigenvalue weighted by atomic mass is 9.66. The van der Waals surface area contributed by atoms with Gasteiger partial charge in [-0.1, -0.05) is 19.3 Å². The number of hydrogen-bond acceptors (Lipinski definition) is 4. The van der Waals surface area contributed by atoms with Crippen LogP contribution >= 0.6 is 0 Å². The number of allylic oxidation sites excluding steroid dienone is 2. The molecule has 0 aromatic rings. The summed E-state index contributed by atoms with van der Waals surface area (Å²) in [5.41, 5.74) is 1.42. The van der Waals surface area contributed by atoms with Gasteiger partial charge < -0.3 is 14.8 Å². The van der Waals surface area contributed by atoms with E-state index in [1.54, 1.807) is 0 Å². The Hall–Kier alpha value is -0.870. The lowest BCUT2D eigenvalue weighted by Gasteiger charge is -2.40. The SMILES string of the molecule is O=C1C=C(NCCCOC[C@H]2CCCO2)CC2(CCCCC2)C1. The molecule has 1 aliphatic heterocycles. The lowest BCUT2D eigenvalue weighted by molar-refractivity contribution is -0.118. The summed E-state index contributed by atoms with van der Waals surface area (Å²) in [5.74, 6) is 0.315. The van der Waals surface area contributed by atoms with Gasteiger partial charge in [-0.3, -0.25) is 4.79 Å². The summed E-state index contributed by atoms with van der Waals surface area (Å²) in [4.78, 5) is 12.1. The summed E-state index contributed by atoms with van der Waals surface area (Å²) in [6.07, 6.45) is 13.6. The highest BCUT2D eigenvalue weighted by Crippen LogP contribution is 2.45. The fourth-order valence-corrected chi connectivity index (χ4v) is 4.32. The summed E-state index contributed by atoms with van der Waals surface area (Å²) in [7, 11) is 0. The standard InChI is InChI=1S/C19H31NO3/c21-17-12-16(13-19(14-17)7-2-1-3-8-19)20-9-5-10-22-15-18-6-4-11-23-18/h12,18,20H,1-11,13-15H2/t18-/m1/s1. The lowest BCUT2D eigenvalue weighted by Crippen LogP contribution is -2.34. The van der Waals surface area contributed by atoms with Crippen LogP contribution < -0.4 is 5.32 Å². The summed E-state index contributed by atoms with van der Waals surface area (Å²) >= 11 is 0. The molecule has 1 spiro atoms. The van der Waals surface area contributed by atoms with E-state index < -0.39 is 0 Å². The van der Waals surface area contributed by atoms with Gasteiger partial charge in [0.2, 0.25) is 0 Å². The van der Waals surface area contributed by atoms with E-state index in [-0.39, 0.29) is 5.41 Å². The predicted octanol–water partition coefficient (Wildman–Crippen LogP) is 3.36. The molecule has 3 rings (SSSR count). The molecule has 3 aliphatic rings. The van der Waals surface area contributed by atoms with Crippen LogP contribution in [0.2, 0.25) is 0 Å². The van der Waals surface area contributed by atoms with Gasteiger partial charge in [-0.05, 0) is 43.9 Å². The van der Waals surface area contributed by atoms with Crippen molar-refractivity contribution in [2.75, 3.05) is 26.4 Å². The Bertz CT molecular complexity index is 420. The Morgan fingerprint density at radius 3 is 2.87 bits per heavy atom. The van der Waals surface area contributed by atoms with Crippen LogP contribution in [-0.2, 0) is 14.3 Å². The van der Waals surface area contributed by atoms with E-state index in [4.69, 9.17) is 9.47 Å². The van der Waals surface area contributed by atoms with Gasteiger partial charge >= 0.3 is 0 Å². The van der Waals surface area contributed by atoms with Crippen LogP contribution in [0.3, 0.4) is 0 Å². The molecule has 0 radical (unpaired) electrons. The van der Waals surface area contributed by atoms with Crippen molar-refractivity contribution in [2.45, 2.75) is 70.3 Å². The molecule has 1 saturated heterocycles. The van der Waals surface area contributed by atoms with Crippen LogP contribution in [0.5, 0.6) is 0 Å². The van der Waals surface area contributed by atoms with Crippen molar-refractivity contribution in [3.8, 4) is 0 Å². The molecule has 130 valence electrons. The van der Waals surface area contributed by atoms with Crippen LogP contribution in [0, 0.1) is 5.41 Å². The zero-order valence-corrected chi connectivity index (χ0v) is 14.3. The van der Waals surface area contributed by atoms with Crippen molar-refractivity contribution in [1.29, 1.82) is 0 Å². The van der Waals surface area contributed by atoms with Crippen LogP contribution in [0.15, 0.2) is 11.8 Å². The monoisotopic (exact) mass is 321 g/mol. The molecule has 1 saturated carbocycles. The maximum Gasteiger partial charge on any atom is 0.157 e. The van der Waals surface area contributed by atoms with Crippen molar-refractivity contribution < 1.29 is 14.3 Å². The number of rotatable bonds is 7. The number of ether oxygens (including phenoxy) is 2. The van der Waals surface area contributed by atoms with Gasteiger partial charge in [-0.15, -0.1) is 0 Å². The molecule has 0 unspecified atom stereocenters. The Balaban J connectivity index is 1.33. The van der Waals surface area contributed by atoms with Crippen LogP contribution in [0.4, 0.5) is 0 Å². The van der Waals surface area contributed by atoms with Gasteiger partial charge in [0, 0.05) is 38.0 Å². The molecule has 1 N–H and O–H groups in total. The average Bonchev–Trinajstić information content (AvgIpc) is 3.04. The number of nitrogens with one attached hydrogen (secondary N) is 1. The maximum absolute atomic E-state index is 12.1. The molecule has 0 bridgehead atoms. The third-order valence-corrected chi connectivity index (χ3v) is 5.51. The largest absolute Gasteiger partial charge is 0.388 e. The van der Waals surface area contributed by atoms with Crippen LogP contribution in [0.25, 0.3) is 0 Å². The van der Waals surface area contributed by atoms with Crippen molar-refractivity contribution in [3.05, 3.63) is 11.8 Å². The van der Waals surface area contributed by atoms with E-state index in [1.165, 1.54) is 38.5 Å². The first-order valence-electron chi connectivity index (χ1n) is 9.42. The van der Waals surface area contributed by atoms with E-state index in [0.717, 1.165) is 57.7 Å².